The van der Waals surface area contributed by atoms with Gasteiger partial charge in [-0.05, 0) is 43.5 Å². The van der Waals surface area contributed by atoms with Crippen molar-refractivity contribution in [3.05, 3.63) is 74.2 Å². The number of fused-ring (bicyclic) bond motifs is 2. The number of H-pyrrole nitrogens is 1. The topological polar surface area (TPSA) is 88.1 Å². The van der Waals surface area contributed by atoms with E-state index >= 15 is 0 Å². The molecular weight excluding hydrogens is 412 g/mol. The Morgan fingerprint density at radius 1 is 1.06 bits per heavy atom. The van der Waals surface area contributed by atoms with Crippen LogP contribution in [0, 0.1) is 0 Å². The number of aromatic amines is 1. The number of piperidine rings is 1. The minimum Gasteiger partial charge on any atom is -0.333 e. The molecule has 0 aliphatic carbocycles. The number of benzene rings is 2. The summed E-state index contributed by atoms with van der Waals surface area (Å²) in [5.41, 5.74) is 0.345. The summed E-state index contributed by atoms with van der Waals surface area (Å²) in [5.74, 6) is -0.0233. The van der Waals surface area contributed by atoms with Crippen LogP contribution in [0.5, 0.6) is 0 Å². The van der Waals surface area contributed by atoms with E-state index in [0.29, 0.717) is 17.3 Å². The lowest BCUT2D eigenvalue weighted by Crippen LogP contribution is -2.39. The van der Waals surface area contributed by atoms with Crippen molar-refractivity contribution in [2.24, 2.45) is 0 Å². The Hall–Kier alpha value is -3.26. The maximum absolute atomic E-state index is 13.1. The molecule has 0 radical (unpaired) electrons. The molecule has 1 aliphatic heterocycles. The van der Waals surface area contributed by atoms with Crippen LogP contribution < -0.4 is 11.1 Å². The van der Waals surface area contributed by atoms with Gasteiger partial charge in [0.25, 0.3) is 11.1 Å². The van der Waals surface area contributed by atoms with Gasteiger partial charge in [-0.25, -0.2) is 9.67 Å². The van der Waals surface area contributed by atoms with Crippen molar-refractivity contribution in [2.45, 2.75) is 38.3 Å². The largest absolute Gasteiger partial charge is 0.333 e. The smallest absolute Gasteiger partial charge is 0.273 e. The molecule has 158 valence electrons. The summed E-state index contributed by atoms with van der Waals surface area (Å²) in [5, 5.41) is 4.30. The summed E-state index contributed by atoms with van der Waals surface area (Å²) in [4.78, 5) is 44.8. The summed E-state index contributed by atoms with van der Waals surface area (Å²) in [6.45, 7) is 0.823. The molecule has 1 atom stereocenters. The lowest BCUT2D eigenvalue weighted by atomic mass is 10.0. The highest BCUT2D eigenvalue weighted by Crippen LogP contribution is 2.35. The molecule has 1 fully saturated rings. The normalized spacial score (nSPS) is 16.8. The van der Waals surface area contributed by atoms with E-state index in [2.05, 4.69) is 5.10 Å². The molecule has 7 nitrogen and oxygen atoms in total. The van der Waals surface area contributed by atoms with Crippen LogP contribution >= 0.6 is 11.3 Å². The van der Waals surface area contributed by atoms with Crippen LogP contribution in [-0.2, 0) is 11.3 Å². The Morgan fingerprint density at radius 2 is 1.84 bits per heavy atom. The summed E-state index contributed by atoms with van der Waals surface area (Å²) in [7, 11) is 0. The first-order valence-corrected chi connectivity index (χ1v) is 11.3. The number of para-hydroxylation sites is 1. The van der Waals surface area contributed by atoms with Crippen molar-refractivity contribution in [2.75, 3.05) is 6.54 Å². The zero-order valence-corrected chi connectivity index (χ0v) is 17.7. The van der Waals surface area contributed by atoms with Crippen LogP contribution in [0.15, 0.2) is 58.1 Å². The summed E-state index contributed by atoms with van der Waals surface area (Å²) in [6.07, 6.45) is 3.05. The molecular formula is C23H22N4O3S. The fourth-order valence-electron chi connectivity index (χ4n) is 4.27. The standard InChI is InChI=1S/C23H22N4O3S/c28-20(12-14-27-23(30)16-8-2-1-7-15(16)21(29)25-27)26-13-6-5-10-18(26)22-24-17-9-3-4-11-19(17)31-22/h1-4,7-9,11,18H,5-6,10,12-14H2,(H,25,29)/t18-/m0/s1. The Morgan fingerprint density at radius 3 is 2.68 bits per heavy atom. The number of likely N-dealkylation sites (tertiary alicyclic amines) is 1. The van der Waals surface area contributed by atoms with Gasteiger partial charge in [0.05, 0.1) is 33.6 Å². The Bertz CT molecular complexity index is 1350. The first-order chi connectivity index (χ1) is 15.1. The van der Waals surface area contributed by atoms with Gasteiger partial charge in [0.15, 0.2) is 0 Å². The monoisotopic (exact) mass is 434 g/mol. The van der Waals surface area contributed by atoms with Gasteiger partial charge in [-0.15, -0.1) is 11.3 Å². The third kappa shape index (κ3) is 3.67. The highest BCUT2D eigenvalue weighted by molar-refractivity contribution is 7.18. The number of thiazole rings is 1. The Kier molecular flexibility index (Phi) is 5.15. The first-order valence-electron chi connectivity index (χ1n) is 10.5. The van der Waals surface area contributed by atoms with Gasteiger partial charge < -0.3 is 4.90 Å². The number of hydrogen-bond acceptors (Lipinski definition) is 5. The van der Waals surface area contributed by atoms with Gasteiger partial charge in [-0.3, -0.25) is 19.5 Å². The minimum absolute atomic E-state index is 0.0233. The number of aryl methyl sites for hydroxylation is 1. The van der Waals surface area contributed by atoms with Gasteiger partial charge in [-0.2, -0.15) is 0 Å². The average molecular weight is 435 g/mol. The van der Waals surface area contributed by atoms with E-state index in [1.54, 1.807) is 35.6 Å². The van der Waals surface area contributed by atoms with E-state index in [0.717, 1.165) is 34.5 Å². The molecule has 3 heterocycles. The van der Waals surface area contributed by atoms with Crippen molar-refractivity contribution in [3.8, 4) is 0 Å². The molecule has 31 heavy (non-hydrogen) atoms. The van der Waals surface area contributed by atoms with Crippen molar-refractivity contribution in [1.29, 1.82) is 0 Å². The third-order valence-corrected chi connectivity index (χ3v) is 6.99. The van der Waals surface area contributed by atoms with Crippen LogP contribution in [0.4, 0.5) is 0 Å². The van der Waals surface area contributed by atoms with Gasteiger partial charge in [-0.1, -0.05) is 24.3 Å². The van der Waals surface area contributed by atoms with Crippen molar-refractivity contribution < 1.29 is 4.79 Å². The predicted octanol–water partition coefficient (Wildman–Crippen LogP) is 3.44. The van der Waals surface area contributed by atoms with E-state index in [1.807, 2.05) is 29.2 Å². The second-order valence-corrected chi connectivity index (χ2v) is 8.87. The lowest BCUT2D eigenvalue weighted by molar-refractivity contribution is -0.135. The average Bonchev–Trinajstić information content (AvgIpc) is 3.24. The molecule has 4 aromatic rings. The number of rotatable bonds is 4. The summed E-state index contributed by atoms with van der Waals surface area (Å²) in [6, 6.07) is 14.7. The SMILES string of the molecule is O=C(CCn1[nH]c(=O)c2ccccc2c1=O)N1CCCC[C@H]1c1nc2ccccc2s1. The fraction of sp³-hybridized carbons (Fsp3) is 0.304. The second kappa shape index (κ2) is 8.11. The van der Waals surface area contributed by atoms with E-state index in [4.69, 9.17) is 4.98 Å². The van der Waals surface area contributed by atoms with Gasteiger partial charge in [0.1, 0.15) is 5.01 Å². The highest BCUT2D eigenvalue weighted by Gasteiger charge is 2.30. The predicted molar refractivity (Wildman–Crippen MR) is 121 cm³/mol. The zero-order valence-electron chi connectivity index (χ0n) is 16.9. The van der Waals surface area contributed by atoms with Crippen LogP contribution in [0.25, 0.3) is 21.0 Å². The molecule has 0 unspecified atom stereocenters. The zero-order chi connectivity index (χ0) is 21.4. The van der Waals surface area contributed by atoms with E-state index in [1.165, 1.54) is 4.68 Å². The molecule has 0 bridgehead atoms. The molecule has 2 aromatic carbocycles. The minimum atomic E-state index is -0.326. The quantitative estimate of drug-likeness (QED) is 0.533. The highest BCUT2D eigenvalue weighted by atomic mass is 32.1. The fourth-order valence-corrected chi connectivity index (χ4v) is 5.39. The number of nitrogens with one attached hydrogen (secondary N) is 1. The van der Waals surface area contributed by atoms with E-state index in [9.17, 15) is 14.4 Å². The number of carbonyl (C=O) groups is 1. The number of aromatic nitrogens is 3. The van der Waals surface area contributed by atoms with Crippen LogP contribution in [-0.4, -0.2) is 32.1 Å². The number of nitrogens with zero attached hydrogens (tertiary/aromatic N) is 3. The Labute approximate surface area is 181 Å². The molecule has 5 rings (SSSR count). The summed E-state index contributed by atoms with van der Waals surface area (Å²) >= 11 is 1.64. The molecule has 0 spiro atoms. The molecule has 1 aliphatic rings. The molecule has 1 N–H and O–H groups in total. The van der Waals surface area contributed by atoms with E-state index in [-0.39, 0.29) is 36.0 Å². The van der Waals surface area contributed by atoms with Crippen LogP contribution in [0.2, 0.25) is 0 Å². The van der Waals surface area contributed by atoms with Crippen molar-refractivity contribution >= 4 is 38.2 Å². The van der Waals surface area contributed by atoms with Gasteiger partial charge in [0.2, 0.25) is 5.91 Å². The van der Waals surface area contributed by atoms with Gasteiger partial charge >= 0.3 is 0 Å². The molecule has 1 amide bonds. The third-order valence-electron chi connectivity index (χ3n) is 5.85. The van der Waals surface area contributed by atoms with E-state index < -0.39 is 0 Å². The number of amides is 1. The number of hydrogen-bond donors (Lipinski definition) is 1. The maximum atomic E-state index is 13.1. The van der Waals surface area contributed by atoms with Crippen LogP contribution in [0.1, 0.15) is 36.7 Å². The van der Waals surface area contributed by atoms with Gasteiger partial charge in [0, 0.05) is 13.0 Å². The molecule has 8 heteroatoms. The molecule has 1 saturated heterocycles. The summed E-state index contributed by atoms with van der Waals surface area (Å²) < 4.78 is 2.37. The van der Waals surface area contributed by atoms with Crippen molar-refractivity contribution in [1.82, 2.24) is 19.7 Å². The van der Waals surface area contributed by atoms with Crippen LogP contribution in [0.3, 0.4) is 0 Å². The molecule has 2 aromatic heterocycles. The van der Waals surface area contributed by atoms with Crippen molar-refractivity contribution in [3.63, 3.8) is 0 Å². The molecule has 0 saturated carbocycles. The maximum Gasteiger partial charge on any atom is 0.273 e. The first kappa shape index (κ1) is 19.7. The second-order valence-electron chi connectivity index (χ2n) is 7.81. The number of carbonyl (C=O) groups excluding carboxylic acids is 1. The Balaban J connectivity index is 1.38. The lowest BCUT2D eigenvalue weighted by Gasteiger charge is -2.34.